The van der Waals surface area contributed by atoms with Gasteiger partial charge in [0.05, 0.1) is 15.7 Å². The van der Waals surface area contributed by atoms with E-state index in [9.17, 15) is 30.1 Å². The number of carbonyl (C=O) groups is 1. The van der Waals surface area contributed by atoms with E-state index in [2.05, 4.69) is 0 Å². The minimum atomic E-state index is -1.09. The Bertz CT molecular complexity index is 480. The Morgan fingerprint density at radius 2 is 1.65 bits per heavy atom. The Morgan fingerprint density at radius 1 is 1.24 bits per heavy atom. The molecule has 17 heavy (non-hydrogen) atoms. The molecule has 0 aliphatic carbocycles. The van der Waals surface area contributed by atoms with Crippen molar-refractivity contribution in [2.75, 3.05) is 5.88 Å². The summed E-state index contributed by atoms with van der Waals surface area (Å²) in [5.41, 5.74) is -2.11. The van der Waals surface area contributed by atoms with E-state index >= 15 is 0 Å². The summed E-state index contributed by atoms with van der Waals surface area (Å²) in [5, 5.41) is 30.4. The lowest BCUT2D eigenvalue weighted by atomic mass is 10.1. The topological polar surface area (TPSA) is 124 Å². The van der Waals surface area contributed by atoms with Crippen LogP contribution in [0, 0.1) is 20.2 Å². The van der Waals surface area contributed by atoms with Crippen LogP contribution in [0.4, 0.5) is 11.4 Å². The van der Waals surface area contributed by atoms with E-state index in [0.29, 0.717) is 0 Å². The Morgan fingerprint density at radius 3 is 1.94 bits per heavy atom. The van der Waals surface area contributed by atoms with E-state index in [1.807, 2.05) is 0 Å². The van der Waals surface area contributed by atoms with Crippen molar-refractivity contribution in [1.29, 1.82) is 0 Å². The van der Waals surface area contributed by atoms with E-state index in [1.165, 1.54) is 0 Å². The van der Waals surface area contributed by atoms with Crippen molar-refractivity contribution in [3.63, 3.8) is 0 Å². The number of hydrogen-bond donors (Lipinski definition) is 1. The highest BCUT2D eigenvalue weighted by Crippen LogP contribution is 2.36. The first-order chi connectivity index (χ1) is 7.88. The molecule has 0 aromatic heterocycles. The van der Waals surface area contributed by atoms with Gasteiger partial charge in [-0.1, -0.05) is 0 Å². The molecule has 0 saturated carbocycles. The van der Waals surface area contributed by atoms with Gasteiger partial charge in [0.2, 0.25) is 0 Å². The van der Waals surface area contributed by atoms with Crippen LogP contribution in [-0.2, 0) is 0 Å². The van der Waals surface area contributed by atoms with Gasteiger partial charge in [-0.25, -0.2) is 0 Å². The molecule has 0 saturated heterocycles. The molecule has 0 bridgehead atoms. The number of nitrogens with zero attached hydrogens (tertiary/aromatic N) is 2. The number of ketones is 1. The van der Waals surface area contributed by atoms with Gasteiger partial charge in [-0.2, -0.15) is 0 Å². The summed E-state index contributed by atoms with van der Waals surface area (Å²) in [7, 11) is 0. The number of rotatable bonds is 4. The smallest absolute Gasteiger partial charge is 0.318 e. The highest BCUT2D eigenvalue weighted by Gasteiger charge is 2.27. The van der Waals surface area contributed by atoms with Gasteiger partial charge in [-0.3, -0.25) is 25.0 Å². The minimum Gasteiger partial charge on any atom is -0.497 e. The SMILES string of the molecule is O=C(CCl)c1cc([N+](=O)[O-])c(O)c([N+](=O)[O-])c1. The van der Waals surface area contributed by atoms with Gasteiger partial charge in [0.1, 0.15) is 0 Å². The number of Topliss-reactive ketones (excluding diaryl/α,β-unsaturated/α-hetero) is 1. The van der Waals surface area contributed by atoms with Gasteiger partial charge in [-0.15, -0.1) is 11.6 Å². The second kappa shape index (κ2) is 4.74. The zero-order chi connectivity index (χ0) is 13.2. The van der Waals surface area contributed by atoms with E-state index in [-0.39, 0.29) is 5.56 Å². The van der Waals surface area contributed by atoms with E-state index < -0.39 is 38.6 Å². The first-order valence-corrected chi connectivity index (χ1v) is 4.67. The van der Waals surface area contributed by atoms with Crippen molar-refractivity contribution in [3.05, 3.63) is 37.9 Å². The fraction of sp³-hybridized carbons (Fsp3) is 0.125. The average molecular weight is 261 g/mol. The molecule has 0 spiro atoms. The third-order valence-corrected chi connectivity index (χ3v) is 2.15. The van der Waals surface area contributed by atoms with Crippen molar-refractivity contribution in [1.82, 2.24) is 0 Å². The van der Waals surface area contributed by atoms with Crippen LogP contribution in [0.3, 0.4) is 0 Å². The Hall–Kier alpha value is -2.22. The van der Waals surface area contributed by atoms with Gasteiger partial charge < -0.3 is 5.11 Å². The number of halogens is 1. The van der Waals surface area contributed by atoms with Crippen LogP contribution in [-0.4, -0.2) is 26.6 Å². The van der Waals surface area contributed by atoms with Gasteiger partial charge >= 0.3 is 11.4 Å². The molecule has 0 radical (unpaired) electrons. The normalized spacial score (nSPS) is 9.94. The third-order valence-electron chi connectivity index (χ3n) is 1.91. The lowest BCUT2D eigenvalue weighted by Crippen LogP contribution is -2.03. The van der Waals surface area contributed by atoms with Crippen molar-refractivity contribution in [3.8, 4) is 5.75 Å². The van der Waals surface area contributed by atoms with Crippen molar-refractivity contribution >= 4 is 28.8 Å². The van der Waals surface area contributed by atoms with Crippen LogP contribution in [0.2, 0.25) is 0 Å². The first kappa shape index (κ1) is 12.8. The number of phenolic OH excluding ortho intramolecular Hbond substituents is 1. The van der Waals surface area contributed by atoms with Gasteiger partial charge in [-0.05, 0) is 0 Å². The number of alkyl halides is 1. The van der Waals surface area contributed by atoms with Crippen molar-refractivity contribution < 1.29 is 19.7 Å². The highest BCUT2D eigenvalue weighted by molar-refractivity contribution is 6.30. The van der Waals surface area contributed by atoms with Crippen LogP contribution in [0.15, 0.2) is 12.1 Å². The lowest BCUT2D eigenvalue weighted by Gasteiger charge is -2.01. The number of benzene rings is 1. The fourth-order valence-corrected chi connectivity index (χ4v) is 1.27. The van der Waals surface area contributed by atoms with E-state index in [1.54, 1.807) is 0 Å². The summed E-state index contributed by atoms with van der Waals surface area (Å²) in [6.45, 7) is 0. The van der Waals surface area contributed by atoms with Crippen LogP contribution in [0.1, 0.15) is 10.4 Å². The van der Waals surface area contributed by atoms with Crippen LogP contribution in [0.5, 0.6) is 5.75 Å². The Kier molecular flexibility index (Phi) is 3.59. The maximum absolute atomic E-state index is 11.2. The molecule has 0 unspecified atom stereocenters. The predicted molar refractivity (Wildman–Crippen MR) is 56.5 cm³/mol. The molecule has 1 rings (SSSR count). The summed E-state index contributed by atoms with van der Waals surface area (Å²) in [6.07, 6.45) is 0. The molecule has 0 atom stereocenters. The molecular formula is C8H5ClN2O6. The largest absolute Gasteiger partial charge is 0.497 e. The van der Waals surface area contributed by atoms with E-state index in [4.69, 9.17) is 11.6 Å². The number of aromatic hydroxyl groups is 1. The van der Waals surface area contributed by atoms with Crippen LogP contribution >= 0.6 is 11.6 Å². The third kappa shape index (κ3) is 2.48. The lowest BCUT2D eigenvalue weighted by molar-refractivity contribution is -0.396. The van der Waals surface area contributed by atoms with Crippen LogP contribution < -0.4 is 0 Å². The Labute approximate surface area is 98.7 Å². The number of nitro benzene ring substituents is 2. The number of phenols is 1. The van der Waals surface area contributed by atoms with Crippen molar-refractivity contribution in [2.24, 2.45) is 0 Å². The molecule has 0 fully saturated rings. The fourth-order valence-electron chi connectivity index (χ4n) is 1.12. The summed E-state index contributed by atoms with van der Waals surface area (Å²) < 4.78 is 0. The Balaban J connectivity index is 3.52. The molecule has 0 aliphatic rings. The van der Waals surface area contributed by atoms with Crippen LogP contribution in [0.25, 0.3) is 0 Å². The predicted octanol–water partition coefficient (Wildman–Crippen LogP) is 1.63. The molecule has 0 heterocycles. The monoisotopic (exact) mass is 260 g/mol. The number of carbonyl (C=O) groups excluding carboxylic acids is 1. The standard InChI is InChI=1S/C8H5ClN2O6/c9-3-7(12)4-1-5(10(14)15)8(13)6(2-4)11(16)17/h1-2,13H,3H2. The molecule has 0 aliphatic heterocycles. The summed E-state index contributed by atoms with van der Waals surface area (Å²) >= 11 is 5.24. The summed E-state index contributed by atoms with van der Waals surface area (Å²) in [5.74, 6) is -2.27. The van der Waals surface area contributed by atoms with Gasteiger partial charge in [0.25, 0.3) is 5.75 Å². The summed E-state index contributed by atoms with van der Waals surface area (Å²) in [6, 6.07) is 1.49. The van der Waals surface area contributed by atoms with E-state index in [0.717, 1.165) is 12.1 Å². The quantitative estimate of drug-likeness (QED) is 0.380. The molecule has 1 aromatic carbocycles. The molecule has 90 valence electrons. The second-order valence-corrected chi connectivity index (χ2v) is 3.20. The zero-order valence-electron chi connectivity index (χ0n) is 8.12. The maximum Gasteiger partial charge on any atom is 0.318 e. The molecule has 8 nitrogen and oxygen atoms in total. The van der Waals surface area contributed by atoms with Gasteiger partial charge in [0.15, 0.2) is 5.78 Å². The molecule has 1 N–H and O–H groups in total. The summed E-state index contributed by atoms with van der Waals surface area (Å²) in [4.78, 5) is 30.3. The number of nitro groups is 2. The van der Waals surface area contributed by atoms with Crippen molar-refractivity contribution in [2.45, 2.75) is 0 Å². The molecule has 9 heteroatoms. The maximum atomic E-state index is 11.2. The molecule has 0 amide bonds. The molecular weight excluding hydrogens is 256 g/mol. The number of hydrogen-bond acceptors (Lipinski definition) is 6. The average Bonchev–Trinajstić information content (AvgIpc) is 2.27. The second-order valence-electron chi connectivity index (χ2n) is 2.93. The first-order valence-electron chi connectivity index (χ1n) is 4.13. The zero-order valence-corrected chi connectivity index (χ0v) is 8.88. The molecule has 1 aromatic rings. The highest BCUT2D eigenvalue weighted by atomic mass is 35.5. The minimum absolute atomic E-state index is 0.295. The van der Waals surface area contributed by atoms with Gasteiger partial charge in [0, 0.05) is 17.7 Å².